The summed E-state index contributed by atoms with van der Waals surface area (Å²) in [6, 6.07) is 5.02. The molecule has 19 heavy (non-hydrogen) atoms. The van der Waals surface area contributed by atoms with Crippen LogP contribution in [0, 0.1) is 11.7 Å². The number of piperidine rings is 1. The van der Waals surface area contributed by atoms with E-state index in [1.807, 2.05) is 13.1 Å². The van der Waals surface area contributed by atoms with Gasteiger partial charge in [-0.05, 0) is 56.0 Å². The Morgan fingerprint density at radius 1 is 1.47 bits per heavy atom. The first-order chi connectivity index (χ1) is 9.24. The van der Waals surface area contributed by atoms with Gasteiger partial charge in [0.1, 0.15) is 5.82 Å². The van der Waals surface area contributed by atoms with E-state index in [4.69, 9.17) is 5.11 Å². The fraction of sp³-hybridized carbons (Fsp3) is 0.600. The van der Waals surface area contributed by atoms with Gasteiger partial charge < -0.3 is 15.3 Å². The zero-order valence-corrected chi connectivity index (χ0v) is 11.5. The molecule has 4 heteroatoms. The number of anilines is 1. The van der Waals surface area contributed by atoms with E-state index in [0.717, 1.165) is 37.2 Å². The molecule has 106 valence electrons. The minimum Gasteiger partial charge on any atom is -0.396 e. The van der Waals surface area contributed by atoms with E-state index in [9.17, 15) is 4.39 Å². The summed E-state index contributed by atoms with van der Waals surface area (Å²) in [5, 5.41) is 12.2. The van der Waals surface area contributed by atoms with Crippen molar-refractivity contribution in [3.8, 4) is 0 Å². The summed E-state index contributed by atoms with van der Waals surface area (Å²) in [6.07, 6.45) is 3.18. The minimum atomic E-state index is -0.182. The van der Waals surface area contributed by atoms with Crippen molar-refractivity contribution < 1.29 is 9.50 Å². The fourth-order valence-corrected chi connectivity index (χ4v) is 2.90. The van der Waals surface area contributed by atoms with Crippen LogP contribution in [-0.4, -0.2) is 31.9 Å². The maximum absolute atomic E-state index is 13.4. The van der Waals surface area contributed by atoms with Crippen molar-refractivity contribution in [3.63, 3.8) is 0 Å². The third-order valence-corrected chi connectivity index (χ3v) is 3.81. The van der Waals surface area contributed by atoms with Gasteiger partial charge in [-0.1, -0.05) is 0 Å². The lowest BCUT2D eigenvalue weighted by molar-refractivity contribution is 0.244. The van der Waals surface area contributed by atoms with Crippen molar-refractivity contribution in [2.75, 3.05) is 31.6 Å². The molecule has 0 aliphatic carbocycles. The van der Waals surface area contributed by atoms with Gasteiger partial charge in [0.2, 0.25) is 0 Å². The second kappa shape index (κ2) is 6.87. The van der Waals surface area contributed by atoms with Crippen LogP contribution in [0.2, 0.25) is 0 Å². The Balaban J connectivity index is 2.15. The molecule has 0 spiro atoms. The van der Waals surface area contributed by atoms with E-state index in [1.54, 1.807) is 6.07 Å². The minimum absolute atomic E-state index is 0.182. The molecule has 0 bridgehead atoms. The standard InChI is InChI=1S/C15H23FN2O/c1-17-10-13-9-14(16)4-5-15(13)18-7-2-3-12(11-18)6-8-19/h4-5,9,12,17,19H,2-3,6-8,10-11H2,1H3. The Labute approximate surface area is 114 Å². The lowest BCUT2D eigenvalue weighted by Crippen LogP contribution is -2.36. The molecule has 0 radical (unpaired) electrons. The number of nitrogens with one attached hydrogen (secondary N) is 1. The summed E-state index contributed by atoms with van der Waals surface area (Å²) in [6.45, 7) is 2.91. The highest BCUT2D eigenvalue weighted by atomic mass is 19.1. The molecule has 1 fully saturated rings. The summed E-state index contributed by atoms with van der Waals surface area (Å²) in [7, 11) is 1.87. The first kappa shape index (κ1) is 14.3. The maximum atomic E-state index is 13.4. The average Bonchev–Trinajstić information content (AvgIpc) is 2.40. The number of aliphatic hydroxyl groups excluding tert-OH is 1. The third kappa shape index (κ3) is 3.67. The highest BCUT2D eigenvalue weighted by Gasteiger charge is 2.21. The molecule has 1 unspecified atom stereocenters. The second-order valence-corrected chi connectivity index (χ2v) is 5.27. The molecule has 2 N–H and O–H groups in total. The number of rotatable bonds is 5. The van der Waals surface area contributed by atoms with Crippen molar-refractivity contribution in [1.29, 1.82) is 0 Å². The largest absolute Gasteiger partial charge is 0.396 e. The smallest absolute Gasteiger partial charge is 0.123 e. The van der Waals surface area contributed by atoms with Crippen LogP contribution in [0.4, 0.5) is 10.1 Å². The van der Waals surface area contributed by atoms with Crippen molar-refractivity contribution >= 4 is 5.69 Å². The number of aliphatic hydroxyl groups is 1. The SMILES string of the molecule is CNCc1cc(F)ccc1N1CCCC(CCO)C1. The topological polar surface area (TPSA) is 35.5 Å². The second-order valence-electron chi connectivity index (χ2n) is 5.27. The van der Waals surface area contributed by atoms with Crippen molar-refractivity contribution in [3.05, 3.63) is 29.6 Å². The van der Waals surface area contributed by atoms with Crippen molar-refractivity contribution in [2.45, 2.75) is 25.8 Å². The van der Waals surface area contributed by atoms with Crippen molar-refractivity contribution in [1.82, 2.24) is 5.32 Å². The number of hydrogen-bond acceptors (Lipinski definition) is 3. The molecule has 1 aliphatic rings. The van der Waals surface area contributed by atoms with Gasteiger partial charge in [0.05, 0.1) is 0 Å². The van der Waals surface area contributed by atoms with Crippen LogP contribution in [0.15, 0.2) is 18.2 Å². The molecule has 1 atom stereocenters. The Kier molecular flexibility index (Phi) is 5.16. The van der Waals surface area contributed by atoms with Gasteiger partial charge in [-0.2, -0.15) is 0 Å². The van der Waals surface area contributed by atoms with E-state index in [2.05, 4.69) is 10.2 Å². The first-order valence-corrected chi connectivity index (χ1v) is 7.03. The number of hydrogen-bond donors (Lipinski definition) is 2. The van der Waals surface area contributed by atoms with Gasteiger partial charge in [0.15, 0.2) is 0 Å². The molecule has 1 aliphatic heterocycles. The molecule has 1 saturated heterocycles. The molecule has 3 nitrogen and oxygen atoms in total. The van der Waals surface area contributed by atoms with E-state index in [-0.39, 0.29) is 12.4 Å². The number of benzene rings is 1. The Morgan fingerprint density at radius 3 is 3.05 bits per heavy atom. The van der Waals surface area contributed by atoms with Gasteiger partial charge in [0, 0.05) is 31.9 Å². The molecule has 1 heterocycles. The van der Waals surface area contributed by atoms with Gasteiger partial charge in [-0.3, -0.25) is 0 Å². The fourth-order valence-electron chi connectivity index (χ4n) is 2.90. The van der Waals surface area contributed by atoms with Crippen LogP contribution in [0.5, 0.6) is 0 Å². The van der Waals surface area contributed by atoms with E-state index >= 15 is 0 Å². The van der Waals surface area contributed by atoms with Crippen LogP contribution in [0.1, 0.15) is 24.8 Å². The van der Waals surface area contributed by atoms with Gasteiger partial charge in [-0.25, -0.2) is 4.39 Å². The molecular weight excluding hydrogens is 243 g/mol. The summed E-state index contributed by atoms with van der Waals surface area (Å²) in [5.41, 5.74) is 2.13. The molecule has 1 aromatic carbocycles. The van der Waals surface area contributed by atoms with Crippen molar-refractivity contribution in [2.24, 2.45) is 5.92 Å². The molecule has 1 aromatic rings. The Bertz CT molecular complexity index is 409. The van der Waals surface area contributed by atoms with Gasteiger partial charge in [0.25, 0.3) is 0 Å². The molecule has 2 rings (SSSR count). The zero-order chi connectivity index (χ0) is 13.7. The maximum Gasteiger partial charge on any atom is 0.123 e. The average molecular weight is 266 g/mol. The summed E-state index contributed by atoms with van der Waals surface area (Å²) in [4.78, 5) is 2.33. The van der Waals surface area contributed by atoms with E-state index in [0.29, 0.717) is 12.5 Å². The lowest BCUT2D eigenvalue weighted by Gasteiger charge is -2.35. The molecule has 0 saturated carbocycles. The van der Waals surface area contributed by atoms with E-state index < -0.39 is 0 Å². The molecular formula is C15H23FN2O. The number of nitrogens with zero attached hydrogens (tertiary/aromatic N) is 1. The highest BCUT2D eigenvalue weighted by molar-refractivity contribution is 5.54. The quantitative estimate of drug-likeness (QED) is 0.857. The van der Waals surface area contributed by atoms with Crippen LogP contribution >= 0.6 is 0 Å². The third-order valence-electron chi connectivity index (χ3n) is 3.81. The summed E-state index contributed by atoms with van der Waals surface area (Å²) >= 11 is 0. The van der Waals surface area contributed by atoms with Gasteiger partial charge in [-0.15, -0.1) is 0 Å². The van der Waals surface area contributed by atoms with Crippen LogP contribution in [0.25, 0.3) is 0 Å². The van der Waals surface area contributed by atoms with Crippen LogP contribution in [-0.2, 0) is 6.54 Å². The zero-order valence-electron chi connectivity index (χ0n) is 11.5. The Morgan fingerprint density at radius 2 is 2.32 bits per heavy atom. The summed E-state index contributed by atoms with van der Waals surface area (Å²) in [5.74, 6) is 0.365. The Hall–Kier alpha value is -1.13. The van der Waals surface area contributed by atoms with E-state index in [1.165, 1.54) is 12.5 Å². The lowest BCUT2D eigenvalue weighted by atomic mass is 9.94. The van der Waals surface area contributed by atoms with Gasteiger partial charge >= 0.3 is 0 Å². The summed E-state index contributed by atoms with van der Waals surface area (Å²) < 4.78 is 13.4. The molecule has 0 aromatic heterocycles. The first-order valence-electron chi connectivity index (χ1n) is 7.03. The predicted octanol–water partition coefficient (Wildman–Crippen LogP) is 2.14. The normalized spacial score (nSPS) is 19.7. The number of halogens is 1. The molecule has 0 amide bonds. The van der Waals surface area contributed by atoms with Crippen LogP contribution < -0.4 is 10.2 Å². The predicted molar refractivity (Wildman–Crippen MR) is 75.8 cm³/mol. The van der Waals surface area contributed by atoms with Crippen LogP contribution in [0.3, 0.4) is 0 Å². The highest BCUT2D eigenvalue weighted by Crippen LogP contribution is 2.28. The monoisotopic (exact) mass is 266 g/mol.